The minimum atomic E-state index is 0.424. The van der Waals surface area contributed by atoms with Crippen LogP contribution in [0.5, 0.6) is 0 Å². The first-order valence-electron chi connectivity index (χ1n) is 7.62. The first-order valence-corrected chi connectivity index (χ1v) is 7.62. The maximum atomic E-state index is 4.42. The second-order valence-electron chi connectivity index (χ2n) is 5.64. The summed E-state index contributed by atoms with van der Waals surface area (Å²) in [6.45, 7) is 8.04. The Kier molecular flexibility index (Phi) is 4.33. The van der Waals surface area contributed by atoms with Crippen molar-refractivity contribution in [1.82, 2.24) is 24.9 Å². The Labute approximate surface area is 140 Å². The van der Waals surface area contributed by atoms with Gasteiger partial charge < -0.3 is 10.6 Å². The van der Waals surface area contributed by atoms with Gasteiger partial charge in [0.15, 0.2) is 5.82 Å². The number of anilines is 4. The van der Waals surface area contributed by atoms with E-state index >= 15 is 0 Å². The minimum Gasteiger partial charge on any atom is -0.324 e. The molecule has 0 aliphatic rings. The topological polar surface area (TPSA) is 88.5 Å². The molecule has 0 bridgehead atoms. The van der Waals surface area contributed by atoms with Gasteiger partial charge in [-0.25, -0.2) is 4.98 Å². The lowest BCUT2D eigenvalue weighted by Gasteiger charge is -2.13. The normalized spacial score (nSPS) is 10.5. The third-order valence-corrected chi connectivity index (χ3v) is 3.46. The van der Waals surface area contributed by atoms with E-state index in [1.165, 1.54) is 5.56 Å². The standard InChI is InChI=1S/C17H19N7/c1-10-7-11(2)15(12(3)8-10)23-17-21-13(4)20-16(24-17)22-14-9-18-5-6-19-14/h5-9H,1-4H3,(H2,19,20,21,22,23,24). The number of rotatable bonds is 4. The van der Waals surface area contributed by atoms with Crippen molar-refractivity contribution < 1.29 is 0 Å². The van der Waals surface area contributed by atoms with E-state index in [9.17, 15) is 0 Å². The van der Waals surface area contributed by atoms with E-state index < -0.39 is 0 Å². The number of nitrogens with zero attached hydrogens (tertiary/aromatic N) is 5. The van der Waals surface area contributed by atoms with E-state index in [1.807, 2.05) is 6.92 Å². The Morgan fingerprint density at radius 3 is 2.08 bits per heavy atom. The third kappa shape index (κ3) is 3.62. The van der Waals surface area contributed by atoms with Crippen molar-refractivity contribution in [2.24, 2.45) is 0 Å². The van der Waals surface area contributed by atoms with Crippen LogP contribution in [0.4, 0.5) is 23.4 Å². The smallest absolute Gasteiger partial charge is 0.233 e. The molecule has 0 radical (unpaired) electrons. The predicted octanol–water partition coefficient (Wildman–Crippen LogP) is 3.38. The van der Waals surface area contributed by atoms with E-state index in [4.69, 9.17) is 0 Å². The van der Waals surface area contributed by atoms with Crippen molar-refractivity contribution in [2.45, 2.75) is 27.7 Å². The molecule has 0 atom stereocenters. The molecule has 2 heterocycles. The SMILES string of the molecule is Cc1cc(C)c(Nc2nc(C)nc(Nc3cnccn3)n2)c(C)c1. The van der Waals surface area contributed by atoms with E-state index in [2.05, 4.69) is 68.5 Å². The molecule has 0 saturated heterocycles. The van der Waals surface area contributed by atoms with Gasteiger partial charge in [0.05, 0.1) is 6.20 Å². The molecule has 0 fully saturated rings. The van der Waals surface area contributed by atoms with Gasteiger partial charge in [-0.15, -0.1) is 0 Å². The molecule has 7 heteroatoms. The summed E-state index contributed by atoms with van der Waals surface area (Å²) in [7, 11) is 0. The van der Waals surface area contributed by atoms with Crippen LogP contribution >= 0.6 is 0 Å². The Morgan fingerprint density at radius 1 is 0.792 bits per heavy atom. The number of aromatic nitrogens is 5. The fourth-order valence-electron chi connectivity index (χ4n) is 2.56. The number of hydrogen-bond acceptors (Lipinski definition) is 7. The molecule has 0 unspecified atom stereocenters. The Balaban J connectivity index is 1.89. The van der Waals surface area contributed by atoms with Crippen molar-refractivity contribution in [3.05, 3.63) is 53.2 Å². The van der Waals surface area contributed by atoms with Gasteiger partial charge in [-0.2, -0.15) is 15.0 Å². The number of aryl methyl sites for hydroxylation is 4. The van der Waals surface area contributed by atoms with Gasteiger partial charge in [0.1, 0.15) is 5.82 Å². The van der Waals surface area contributed by atoms with Gasteiger partial charge in [0, 0.05) is 18.1 Å². The largest absolute Gasteiger partial charge is 0.324 e. The molecule has 0 saturated carbocycles. The molecule has 7 nitrogen and oxygen atoms in total. The quantitative estimate of drug-likeness (QED) is 0.761. The zero-order valence-electron chi connectivity index (χ0n) is 14.1. The summed E-state index contributed by atoms with van der Waals surface area (Å²) < 4.78 is 0. The second kappa shape index (κ2) is 6.57. The fourth-order valence-corrected chi connectivity index (χ4v) is 2.56. The summed E-state index contributed by atoms with van der Waals surface area (Å²) in [4.78, 5) is 21.2. The number of hydrogen-bond donors (Lipinski definition) is 2. The fraction of sp³-hybridized carbons (Fsp3) is 0.235. The van der Waals surface area contributed by atoms with Crippen molar-refractivity contribution in [1.29, 1.82) is 0 Å². The first kappa shape index (κ1) is 15.8. The number of nitrogens with one attached hydrogen (secondary N) is 2. The lowest BCUT2D eigenvalue weighted by atomic mass is 10.1. The molecule has 0 amide bonds. The molecular weight excluding hydrogens is 302 g/mol. The highest BCUT2D eigenvalue weighted by molar-refractivity contribution is 5.64. The molecule has 2 aromatic heterocycles. The van der Waals surface area contributed by atoms with E-state index in [-0.39, 0.29) is 0 Å². The van der Waals surface area contributed by atoms with Crippen molar-refractivity contribution in [3.63, 3.8) is 0 Å². The molecule has 24 heavy (non-hydrogen) atoms. The van der Waals surface area contributed by atoms with Crippen molar-refractivity contribution >= 4 is 23.4 Å². The lowest BCUT2D eigenvalue weighted by molar-refractivity contribution is 0.983. The Bertz CT molecular complexity index is 839. The summed E-state index contributed by atoms with van der Waals surface area (Å²) in [6, 6.07) is 4.25. The average Bonchev–Trinajstić information content (AvgIpc) is 2.51. The van der Waals surface area contributed by atoms with Crippen LogP contribution in [-0.4, -0.2) is 24.9 Å². The molecule has 3 rings (SSSR count). The monoisotopic (exact) mass is 321 g/mol. The van der Waals surface area contributed by atoms with Crippen LogP contribution < -0.4 is 10.6 Å². The van der Waals surface area contributed by atoms with Crippen molar-refractivity contribution in [3.8, 4) is 0 Å². The molecular formula is C17H19N7. The molecule has 0 spiro atoms. The first-order chi connectivity index (χ1) is 11.5. The van der Waals surface area contributed by atoms with Crippen molar-refractivity contribution in [2.75, 3.05) is 10.6 Å². The van der Waals surface area contributed by atoms with Crippen LogP contribution in [0.1, 0.15) is 22.5 Å². The van der Waals surface area contributed by atoms with Gasteiger partial charge in [-0.3, -0.25) is 4.98 Å². The highest BCUT2D eigenvalue weighted by Gasteiger charge is 2.09. The maximum Gasteiger partial charge on any atom is 0.233 e. The lowest BCUT2D eigenvalue weighted by Crippen LogP contribution is -2.07. The second-order valence-corrected chi connectivity index (χ2v) is 5.64. The van der Waals surface area contributed by atoms with Gasteiger partial charge in [0.2, 0.25) is 11.9 Å². The van der Waals surface area contributed by atoms with E-state index in [1.54, 1.807) is 18.6 Å². The predicted molar refractivity (Wildman–Crippen MR) is 93.8 cm³/mol. The molecule has 0 aliphatic heterocycles. The molecule has 122 valence electrons. The molecule has 0 aliphatic carbocycles. The van der Waals surface area contributed by atoms with Crippen LogP contribution in [-0.2, 0) is 0 Å². The van der Waals surface area contributed by atoms with Crippen LogP contribution in [0.25, 0.3) is 0 Å². The Morgan fingerprint density at radius 2 is 1.46 bits per heavy atom. The molecule has 2 N–H and O–H groups in total. The summed E-state index contributed by atoms with van der Waals surface area (Å²) in [6.07, 6.45) is 4.83. The van der Waals surface area contributed by atoms with Gasteiger partial charge >= 0.3 is 0 Å². The summed E-state index contributed by atoms with van der Waals surface area (Å²) in [5.41, 5.74) is 4.53. The highest BCUT2D eigenvalue weighted by atomic mass is 15.2. The van der Waals surface area contributed by atoms with Crippen LogP contribution in [0, 0.1) is 27.7 Å². The zero-order chi connectivity index (χ0) is 17.1. The zero-order valence-corrected chi connectivity index (χ0v) is 14.1. The van der Waals surface area contributed by atoms with Crippen LogP contribution in [0.3, 0.4) is 0 Å². The summed E-state index contributed by atoms with van der Waals surface area (Å²) in [5, 5.41) is 6.33. The van der Waals surface area contributed by atoms with Gasteiger partial charge in [-0.1, -0.05) is 17.7 Å². The summed E-state index contributed by atoms with van der Waals surface area (Å²) >= 11 is 0. The highest BCUT2D eigenvalue weighted by Crippen LogP contribution is 2.25. The number of benzene rings is 1. The molecule has 3 aromatic rings. The maximum absolute atomic E-state index is 4.42. The van der Waals surface area contributed by atoms with Gasteiger partial charge in [-0.05, 0) is 38.8 Å². The van der Waals surface area contributed by atoms with Gasteiger partial charge in [0.25, 0.3) is 0 Å². The molecule has 1 aromatic carbocycles. The minimum absolute atomic E-state index is 0.424. The van der Waals surface area contributed by atoms with Crippen LogP contribution in [0.15, 0.2) is 30.7 Å². The van der Waals surface area contributed by atoms with E-state index in [0.717, 1.165) is 16.8 Å². The Hall–Kier alpha value is -3.09. The van der Waals surface area contributed by atoms with E-state index in [0.29, 0.717) is 23.5 Å². The van der Waals surface area contributed by atoms with Crippen LogP contribution in [0.2, 0.25) is 0 Å². The average molecular weight is 321 g/mol. The summed E-state index contributed by atoms with van der Waals surface area (Å²) in [5.74, 6) is 2.11. The third-order valence-electron chi connectivity index (χ3n) is 3.46.